The van der Waals surface area contributed by atoms with Crippen LogP contribution in [0.3, 0.4) is 0 Å². The highest BCUT2D eigenvalue weighted by atomic mass is 16.3. The van der Waals surface area contributed by atoms with Gasteiger partial charge in [-0.05, 0) is 12.1 Å². The average molecular weight is 241 g/mol. The number of aliphatic hydroxyl groups is 1. The smallest absolute Gasteiger partial charge is 0.181 e. The Balaban J connectivity index is 2.00. The molecule has 18 heavy (non-hydrogen) atoms. The van der Waals surface area contributed by atoms with Crippen LogP contribution in [0.5, 0.6) is 0 Å². The Bertz CT molecular complexity index is 643. The number of rotatable bonds is 3. The monoisotopic (exact) mass is 241 g/mol. The van der Waals surface area contributed by atoms with Crippen molar-refractivity contribution < 1.29 is 9.52 Å². The molecule has 3 rings (SSSR count). The van der Waals surface area contributed by atoms with Crippen molar-refractivity contribution in [2.75, 3.05) is 0 Å². The number of nitrogens with zero attached hydrogens (tertiary/aromatic N) is 3. The minimum Gasteiger partial charge on any atom is -0.443 e. The molecule has 5 heteroatoms. The molecule has 5 nitrogen and oxygen atoms in total. The van der Waals surface area contributed by atoms with E-state index in [4.69, 9.17) is 9.52 Å². The molecule has 1 aromatic carbocycles. The Kier molecular flexibility index (Phi) is 2.66. The number of aliphatic hydroxyl groups excluding tert-OH is 1. The molecule has 1 N–H and O–H groups in total. The summed E-state index contributed by atoms with van der Waals surface area (Å²) in [5, 5.41) is 13.4. The van der Waals surface area contributed by atoms with Crippen molar-refractivity contribution in [2.45, 2.75) is 6.61 Å². The summed E-state index contributed by atoms with van der Waals surface area (Å²) in [7, 11) is 0. The zero-order chi connectivity index (χ0) is 12.4. The van der Waals surface area contributed by atoms with E-state index in [0.29, 0.717) is 11.5 Å². The van der Waals surface area contributed by atoms with Crippen molar-refractivity contribution in [1.29, 1.82) is 0 Å². The minimum atomic E-state index is -0.150. The summed E-state index contributed by atoms with van der Waals surface area (Å²) in [4.78, 5) is 3.94. The number of hydrogen-bond donors (Lipinski definition) is 1. The Labute approximate surface area is 103 Å². The van der Waals surface area contributed by atoms with Gasteiger partial charge in [-0.15, -0.1) is 0 Å². The predicted octanol–water partition coefficient (Wildman–Crippen LogP) is 2.02. The third kappa shape index (κ3) is 1.80. The highest BCUT2D eigenvalue weighted by molar-refractivity contribution is 5.58. The fourth-order valence-electron chi connectivity index (χ4n) is 1.78. The first kappa shape index (κ1) is 10.7. The molecule has 0 bridgehead atoms. The molecule has 2 aromatic heterocycles. The van der Waals surface area contributed by atoms with Crippen LogP contribution < -0.4 is 0 Å². The van der Waals surface area contributed by atoms with E-state index in [1.807, 2.05) is 36.5 Å². The molecule has 2 heterocycles. The molecule has 0 saturated heterocycles. The van der Waals surface area contributed by atoms with Crippen LogP contribution in [0.15, 0.2) is 53.5 Å². The van der Waals surface area contributed by atoms with Crippen molar-refractivity contribution in [3.63, 3.8) is 0 Å². The van der Waals surface area contributed by atoms with Crippen LogP contribution in [0.2, 0.25) is 0 Å². The third-order valence-corrected chi connectivity index (χ3v) is 2.66. The minimum absolute atomic E-state index is 0.150. The Hall–Kier alpha value is -2.40. The van der Waals surface area contributed by atoms with Crippen LogP contribution >= 0.6 is 0 Å². The molecule has 0 amide bonds. The van der Waals surface area contributed by atoms with E-state index in [-0.39, 0.29) is 6.61 Å². The van der Waals surface area contributed by atoms with Gasteiger partial charge in [-0.25, -0.2) is 9.67 Å². The lowest BCUT2D eigenvalue weighted by Crippen LogP contribution is -1.92. The zero-order valence-corrected chi connectivity index (χ0v) is 9.52. The highest BCUT2D eigenvalue weighted by Gasteiger charge is 2.12. The van der Waals surface area contributed by atoms with E-state index in [0.717, 1.165) is 11.3 Å². The van der Waals surface area contributed by atoms with E-state index >= 15 is 0 Å². The second-order valence-corrected chi connectivity index (χ2v) is 3.80. The summed E-state index contributed by atoms with van der Waals surface area (Å²) in [6, 6.07) is 9.77. The van der Waals surface area contributed by atoms with Gasteiger partial charge in [-0.2, -0.15) is 5.10 Å². The SMILES string of the molecule is OCc1ncoc1-c1cnn(-c2ccccc2)c1. The van der Waals surface area contributed by atoms with Gasteiger partial charge in [0.15, 0.2) is 12.2 Å². The van der Waals surface area contributed by atoms with Crippen LogP contribution in [0.25, 0.3) is 17.0 Å². The van der Waals surface area contributed by atoms with Gasteiger partial charge < -0.3 is 9.52 Å². The summed E-state index contributed by atoms with van der Waals surface area (Å²) in [5.41, 5.74) is 2.27. The van der Waals surface area contributed by atoms with E-state index < -0.39 is 0 Å². The van der Waals surface area contributed by atoms with Gasteiger partial charge in [0, 0.05) is 6.20 Å². The van der Waals surface area contributed by atoms with Gasteiger partial charge in [0.25, 0.3) is 0 Å². The Morgan fingerprint density at radius 3 is 2.83 bits per heavy atom. The number of para-hydroxylation sites is 1. The molecule has 0 aliphatic rings. The maximum atomic E-state index is 9.14. The molecule has 0 saturated carbocycles. The summed E-state index contributed by atoms with van der Waals surface area (Å²) < 4.78 is 7.02. The lowest BCUT2D eigenvalue weighted by atomic mass is 10.2. The summed E-state index contributed by atoms with van der Waals surface area (Å²) in [6.07, 6.45) is 4.85. The van der Waals surface area contributed by atoms with E-state index in [1.165, 1.54) is 6.39 Å². The van der Waals surface area contributed by atoms with Crippen molar-refractivity contribution >= 4 is 0 Å². The molecule has 0 fully saturated rings. The average Bonchev–Trinajstić information content (AvgIpc) is 3.08. The largest absolute Gasteiger partial charge is 0.443 e. The van der Waals surface area contributed by atoms with Gasteiger partial charge >= 0.3 is 0 Å². The maximum absolute atomic E-state index is 9.14. The van der Waals surface area contributed by atoms with Gasteiger partial charge in [0.05, 0.1) is 24.1 Å². The molecule has 0 aliphatic carbocycles. The molecule has 90 valence electrons. The first-order valence-electron chi connectivity index (χ1n) is 5.52. The standard InChI is InChI=1S/C13H11N3O2/c17-8-12-13(18-9-14-12)10-6-15-16(7-10)11-4-2-1-3-5-11/h1-7,9,17H,8H2. The topological polar surface area (TPSA) is 64.1 Å². The van der Waals surface area contributed by atoms with Crippen molar-refractivity contribution in [3.8, 4) is 17.0 Å². The van der Waals surface area contributed by atoms with Gasteiger partial charge in [0.2, 0.25) is 0 Å². The quantitative estimate of drug-likeness (QED) is 0.762. The van der Waals surface area contributed by atoms with Crippen molar-refractivity contribution in [1.82, 2.24) is 14.8 Å². The molecule has 0 aliphatic heterocycles. The van der Waals surface area contributed by atoms with Gasteiger partial charge in [-0.3, -0.25) is 0 Å². The summed E-state index contributed by atoms with van der Waals surface area (Å²) in [6.45, 7) is -0.150. The maximum Gasteiger partial charge on any atom is 0.181 e. The number of hydrogen-bond acceptors (Lipinski definition) is 4. The van der Waals surface area contributed by atoms with Crippen LogP contribution in [-0.2, 0) is 6.61 Å². The molecule has 3 aromatic rings. The Morgan fingerprint density at radius 2 is 2.06 bits per heavy atom. The van der Waals surface area contributed by atoms with Crippen LogP contribution in [0, 0.1) is 0 Å². The molecular formula is C13H11N3O2. The fraction of sp³-hybridized carbons (Fsp3) is 0.0769. The van der Waals surface area contributed by atoms with Crippen LogP contribution in [0.4, 0.5) is 0 Å². The molecule has 0 radical (unpaired) electrons. The van der Waals surface area contributed by atoms with Crippen molar-refractivity contribution in [2.24, 2.45) is 0 Å². The molecular weight excluding hydrogens is 230 g/mol. The number of oxazole rings is 1. The Morgan fingerprint density at radius 1 is 1.22 bits per heavy atom. The van der Waals surface area contributed by atoms with Crippen LogP contribution in [-0.4, -0.2) is 19.9 Å². The first-order valence-corrected chi connectivity index (χ1v) is 5.52. The van der Waals surface area contributed by atoms with E-state index in [2.05, 4.69) is 10.1 Å². The summed E-state index contributed by atoms with van der Waals surface area (Å²) >= 11 is 0. The summed E-state index contributed by atoms with van der Waals surface area (Å²) in [5.74, 6) is 0.555. The normalized spacial score (nSPS) is 10.7. The molecule has 0 atom stereocenters. The lowest BCUT2D eigenvalue weighted by molar-refractivity contribution is 0.277. The van der Waals surface area contributed by atoms with Gasteiger partial charge in [-0.1, -0.05) is 18.2 Å². The predicted molar refractivity (Wildman–Crippen MR) is 65.0 cm³/mol. The highest BCUT2D eigenvalue weighted by Crippen LogP contribution is 2.23. The number of benzene rings is 1. The van der Waals surface area contributed by atoms with E-state index in [1.54, 1.807) is 10.9 Å². The second-order valence-electron chi connectivity index (χ2n) is 3.80. The lowest BCUT2D eigenvalue weighted by Gasteiger charge is -1.98. The molecule has 0 unspecified atom stereocenters. The molecule has 0 spiro atoms. The first-order chi connectivity index (χ1) is 8.88. The number of aromatic nitrogens is 3. The fourth-order valence-corrected chi connectivity index (χ4v) is 1.78. The van der Waals surface area contributed by atoms with E-state index in [9.17, 15) is 0 Å². The second kappa shape index (κ2) is 4.46. The van der Waals surface area contributed by atoms with Gasteiger partial charge in [0.1, 0.15) is 5.69 Å². The zero-order valence-electron chi connectivity index (χ0n) is 9.52. The van der Waals surface area contributed by atoms with Crippen molar-refractivity contribution in [3.05, 3.63) is 54.8 Å². The van der Waals surface area contributed by atoms with Crippen LogP contribution in [0.1, 0.15) is 5.69 Å². The third-order valence-electron chi connectivity index (χ3n) is 2.66.